The largest absolute Gasteiger partial charge is 0.493 e. The number of nitrogens with one attached hydrogen (secondary N) is 1. The summed E-state index contributed by atoms with van der Waals surface area (Å²) in [6, 6.07) is 8.98. The second-order valence-corrected chi connectivity index (χ2v) is 5.64. The molecule has 2 heteroatoms. The molecule has 0 atom stereocenters. The van der Waals surface area contributed by atoms with Crippen LogP contribution in [0.25, 0.3) is 0 Å². The highest BCUT2D eigenvalue weighted by atomic mass is 16.5. The van der Waals surface area contributed by atoms with Gasteiger partial charge in [0.05, 0.1) is 6.61 Å². The lowest BCUT2D eigenvalue weighted by Gasteiger charge is -2.13. The second kappa shape index (κ2) is 6.79. The molecule has 0 aliphatic heterocycles. The highest BCUT2D eigenvalue weighted by Crippen LogP contribution is 2.25. The van der Waals surface area contributed by atoms with E-state index in [1.54, 1.807) is 0 Å². The van der Waals surface area contributed by atoms with Gasteiger partial charge in [-0.1, -0.05) is 38.8 Å². The van der Waals surface area contributed by atoms with E-state index in [0.29, 0.717) is 6.04 Å². The molecular formula is C16H25NO. The molecule has 2 rings (SSSR count). The van der Waals surface area contributed by atoms with E-state index in [4.69, 9.17) is 4.74 Å². The van der Waals surface area contributed by atoms with Crippen LogP contribution in [-0.4, -0.2) is 12.6 Å². The van der Waals surface area contributed by atoms with E-state index in [1.165, 1.54) is 31.2 Å². The Balaban J connectivity index is 1.82. The minimum atomic E-state index is 0.521. The Morgan fingerprint density at radius 2 is 2.06 bits per heavy atom. The molecule has 0 heterocycles. The molecule has 1 aromatic carbocycles. The van der Waals surface area contributed by atoms with E-state index < -0.39 is 0 Å². The van der Waals surface area contributed by atoms with E-state index in [2.05, 4.69) is 43.4 Å². The van der Waals surface area contributed by atoms with Crippen LogP contribution in [0.5, 0.6) is 5.75 Å². The first-order valence-electron chi connectivity index (χ1n) is 7.19. The van der Waals surface area contributed by atoms with Crippen LogP contribution in [0.3, 0.4) is 0 Å². The van der Waals surface area contributed by atoms with Crippen LogP contribution >= 0.6 is 0 Å². The minimum Gasteiger partial charge on any atom is -0.493 e. The summed E-state index contributed by atoms with van der Waals surface area (Å²) < 4.78 is 5.91. The van der Waals surface area contributed by atoms with Gasteiger partial charge in [0.25, 0.3) is 0 Å². The second-order valence-electron chi connectivity index (χ2n) is 5.64. The Hall–Kier alpha value is -1.02. The predicted molar refractivity (Wildman–Crippen MR) is 75.9 cm³/mol. The molecule has 0 spiro atoms. The SMILES string of the molecule is CC(C)NCc1cccc(OCC2CCCC2)c1. The summed E-state index contributed by atoms with van der Waals surface area (Å²) in [4.78, 5) is 0. The fraction of sp³-hybridized carbons (Fsp3) is 0.625. The summed E-state index contributed by atoms with van der Waals surface area (Å²) in [6.07, 6.45) is 5.45. The predicted octanol–water partition coefficient (Wildman–Crippen LogP) is 3.75. The Kier molecular flexibility index (Phi) is 5.06. The Bertz CT molecular complexity index is 356. The zero-order valence-corrected chi connectivity index (χ0v) is 11.6. The van der Waals surface area contributed by atoms with Crippen molar-refractivity contribution in [2.24, 2.45) is 5.92 Å². The van der Waals surface area contributed by atoms with Gasteiger partial charge in [-0.05, 0) is 36.5 Å². The topological polar surface area (TPSA) is 21.3 Å². The summed E-state index contributed by atoms with van der Waals surface area (Å²) in [5, 5.41) is 3.43. The first-order chi connectivity index (χ1) is 8.74. The van der Waals surface area contributed by atoms with Crippen LogP contribution < -0.4 is 10.1 Å². The van der Waals surface area contributed by atoms with Gasteiger partial charge < -0.3 is 10.1 Å². The van der Waals surface area contributed by atoms with Gasteiger partial charge in [-0.25, -0.2) is 0 Å². The lowest BCUT2D eigenvalue weighted by Crippen LogP contribution is -2.21. The standard InChI is InChI=1S/C16H25NO/c1-13(2)17-11-15-8-5-9-16(10-15)18-12-14-6-3-4-7-14/h5,8-10,13-14,17H,3-4,6-7,11-12H2,1-2H3. The van der Waals surface area contributed by atoms with E-state index in [-0.39, 0.29) is 0 Å². The third kappa shape index (κ3) is 4.34. The van der Waals surface area contributed by atoms with Crippen LogP contribution in [0.15, 0.2) is 24.3 Å². The van der Waals surface area contributed by atoms with Crippen molar-refractivity contribution in [2.75, 3.05) is 6.61 Å². The third-order valence-electron chi connectivity index (χ3n) is 3.57. The molecule has 1 aliphatic carbocycles. The lowest BCUT2D eigenvalue weighted by molar-refractivity contribution is 0.252. The highest BCUT2D eigenvalue weighted by molar-refractivity contribution is 5.28. The van der Waals surface area contributed by atoms with E-state index >= 15 is 0 Å². The van der Waals surface area contributed by atoms with E-state index in [0.717, 1.165) is 24.8 Å². The zero-order chi connectivity index (χ0) is 12.8. The molecule has 1 aromatic rings. The Morgan fingerprint density at radius 1 is 1.28 bits per heavy atom. The van der Waals surface area contributed by atoms with Gasteiger partial charge in [0.15, 0.2) is 0 Å². The maximum Gasteiger partial charge on any atom is 0.119 e. The summed E-state index contributed by atoms with van der Waals surface area (Å²) in [6.45, 7) is 6.14. The molecular weight excluding hydrogens is 222 g/mol. The number of ether oxygens (including phenoxy) is 1. The Morgan fingerprint density at radius 3 is 2.78 bits per heavy atom. The first kappa shape index (κ1) is 13.4. The van der Waals surface area contributed by atoms with Gasteiger partial charge in [0, 0.05) is 12.6 Å². The first-order valence-corrected chi connectivity index (χ1v) is 7.19. The van der Waals surface area contributed by atoms with Crippen molar-refractivity contribution in [3.8, 4) is 5.75 Å². The van der Waals surface area contributed by atoms with E-state index in [1.807, 2.05) is 0 Å². The van der Waals surface area contributed by atoms with Crippen molar-refractivity contribution in [3.63, 3.8) is 0 Å². The van der Waals surface area contributed by atoms with Crippen molar-refractivity contribution in [1.82, 2.24) is 5.32 Å². The molecule has 18 heavy (non-hydrogen) atoms. The van der Waals surface area contributed by atoms with Crippen LogP contribution in [0.4, 0.5) is 0 Å². The minimum absolute atomic E-state index is 0.521. The van der Waals surface area contributed by atoms with Crippen LogP contribution in [-0.2, 0) is 6.54 Å². The fourth-order valence-corrected chi connectivity index (χ4v) is 2.46. The average molecular weight is 247 g/mol. The van der Waals surface area contributed by atoms with Crippen molar-refractivity contribution in [3.05, 3.63) is 29.8 Å². The normalized spacial score (nSPS) is 16.4. The van der Waals surface area contributed by atoms with Crippen LogP contribution in [0.1, 0.15) is 45.1 Å². The van der Waals surface area contributed by atoms with Gasteiger partial charge in [-0.3, -0.25) is 0 Å². The van der Waals surface area contributed by atoms with Gasteiger partial charge in [-0.2, -0.15) is 0 Å². The molecule has 0 aromatic heterocycles. The summed E-state index contributed by atoms with van der Waals surface area (Å²) in [5.74, 6) is 1.80. The Labute approximate surface area is 111 Å². The molecule has 0 saturated heterocycles. The molecule has 0 bridgehead atoms. The van der Waals surface area contributed by atoms with Gasteiger partial charge in [0.2, 0.25) is 0 Å². The van der Waals surface area contributed by atoms with Gasteiger partial charge in [0.1, 0.15) is 5.75 Å². The van der Waals surface area contributed by atoms with Crippen molar-refractivity contribution in [1.29, 1.82) is 0 Å². The molecule has 1 saturated carbocycles. The molecule has 100 valence electrons. The number of rotatable bonds is 6. The van der Waals surface area contributed by atoms with Crippen molar-refractivity contribution >= 4 is 0 Å². The number of hydrogen-bond acceptors (Lipinski definition) is 2. The molecule has 1 fully saturated rings. The number of hydrogen-bond donors (Lipinski definition) is 1. The summed E-state index contributed by atoms with van der Waals surface area (Å²) in [5.41, 5.74) is 1.30. The van der Waals surface area contributed by atoms with Gasteiger partial charge >= 0.3 is 0 Å². The summed E-state index contributed by atoms with van der Waals surface area (Å²) in [7, 11) is 0. The summed E-state index contributed by atoms with van der Waals surface area (Å²) >= 11 is 0. The molecule has 1 aliphatic rings. The van der Waals surface area contributed by atoms with E-state index in [9.17, 15) is 0 Å². The molecule has 0 radical (unpaired) electrons. The molecule has 0 amide bonds. The average Bonchev–Trinajstić information content (AvgIpc) is 2.87. The van der Waals surface area contributed by atoms with Crippen LogP contribution in [0, 0.1) is 5.92 Å². The molecule has 1 N–H and O–H groups in total. The quantitative estimate of drug-likeness (QED) is 0.826. The molecule has 2 nitrogen and oxygen atoms in total. The smallest absolute Gasteiger partial charge is 0.119 e. The van der Waals surface area contributed by atoms with Gasteiger partial charge in [-0.15, -0.1) is 0 Å². The van der Waals surface area contributed by atoms with Crippen molar-refractivity contribution in [2.45, 2.75) is 52.1 Å². The highest BCUT2D eigenvalue weighted by Gasteiger charge is 2.15. The maximum atomic E-state index is 5.91. The third-order valence-corrected chi connectivity index (χ3v) is 3.57. The van der Waals surface area contributed by atoms with Crippen molar-refractivity contribution < 1.29 is 4.74 Å². The van der Waals surface area contributed by atoms with Crippen LogP contribution in [0.2, 0.25) is 0 Å². The number of benzene rings is 1. The maximum absolute atomic E-state index is 5.91. The zero-order valence-electron chi connectivity index (χ0n) is 11.6. The fourth-order valence-electron chi connectivity index (χ4n) is 2.46. The molecule has 0 unspecified atom stereocenters. The lowest BCUT2D eigenvalue weighted by atomic mass is 10.1. The monoisotopic (exact) mass is 247 g/mol.